The Balaban J connectivity index is 1.88. The highest BCUT2D eigenvalue weighted by molar-refractivity contribution is 7.90. The van der Waals surface area contributed by atoms with Crippen molar-refractivity contribution in [1.29, 1.82) is 0 Å². The molecule has 0 radical (unpaired) electrons. The smallest absolute Gasteiger partial charge is 0.224 e. The minimum Gasteiger partial charge on any atom is -0.610 e. The van der Waals surface area contributed by atoms with Crippen LogP contribution in [0.15, 0.2) is 35.5 Å². The van der Waals surface area contributed by atoms with E-state index in [0.717, 1.165) is 39.2 Å². The van der Waals surface area contributed by atoms with Gasteiger partial charge in [0.05, 0.1) is 25.4 Å². The Morgan fingerprint density at radius 1 is 1.17 bits per heavy atom. The second kappa shape index (κ2) is 6.75. The highest BCUT2D eigenvalue weighted by Gasteiger charge is 2.19. The molecule has 2 heterocycles. The SMILES string of the molecule is COc1ccc2cc([S+]([O-])Cc3ncc(C)c(OC)c3C)[nH]c2c1. The number of aromatic nitrogens is 2. The maximum Gasteiger partial charge on any atom is 0.224 e. The number of pyridine rings is 1. The van der Waals surface area contributed by atoms with Crippen LogP contribution >= 0.6 is 0 Å². The van der Waals surface area contributed by atoms with E-state index in [1.54, 1.807) is 20.4 Å². The molecule has 3 rings (SSSR count). The van der Waals surface area contributed by atoms with Gasteiger partial charge in [-0.2, -0.15) is 0 Å². The number of aryl methyl sites for hydroxylation is 1. The largest absolute Gasteiger partial charge is 0.610 e. The predicted octanol–water partition coefficient (Wildman–Crippen LogP) is 3.50. The number of nitrogens with one attached hydrogen (secondary N) is 1. The fourth-order valence-corrected chi connectivity index (χ4v) is 3.92. The molecule has 2 aromatic heterocycles. The second-order valence-electron chi connectivity index (χ2n) is 5.62. The fraction of sp³-hybridized carbons (Fsp3) is 0.278. The Morgan fingerprint density at radius 2 is 1.96 bits per heavy atom. The molecular weight excluding hydrogens is 324 g/mol. The van der Waals surface area contributed by atoms with Crippen LogP contribution in [0.1, 0.15) is 16.8 Å². The van der Waals surface area contributed by atoms with Crippen molar-refractivity contribution in [3.05, 3.63) is 47.3 Å². The van der Waals surface area contributed by atoms with E-state index >= 15 is 0 Å². The molecule has 0 amide bonds. The van der Waals surface area contributed by atoms with Crippen molar-refractivity contribution < 1.29 is 14.0 Å². The molecule has 0 fully saturated rings. The zero-order valence-electron chi connectivity index (χ0n) is 14.2. The first kappa shape index (κ1) is 16.7. The molecule has 0 aliphatic carbocycles. The molecule has 6 heteroatoms. The summed E-state index contributed by atoms with van der Waals surface area (Å²) in [6, 6.07) is 7.64. The van der Waals surface area contributed by atoms with Crippen LogP contribution in [0.4, 0.5) is 0 Å². The second-order valence-corrected chi connectivity index (χ2v) is 7.04. The molecule has 0 aliphatic heterocycles. The summed E-state index contributed by atoms with van der Waals surface area (Å²) in [6.45, 7) is 3.89. The number of H-pyrrole nitrogens is 1. The van der Waals surface area contributed by atoms with E-state index < -0.39 is 11.2 Å². The third-order valence-electron chi connectivity index (χ3n) is 4.07. The summed E-state index contributed by atoms with van der Waals surface area (Å²) in [5.41, 5.74) is 3.60. The van der Waals surface area contributed by atoms with Crippen LogP contribution in [0.3, 0.4) is 0 Å². The number of fused-ring (bicyclic) bond motifs is 1. The lowest BCUT2D eigenvalue weighted by atomic mass is 10.1. The number of hydrogen-bond donors (Lipinski definition) is 1. The third-order valence-corrected chi connectivity index (χ3v) is 5.31. The number of rotatable bonds is 5. The minimum absolute atomic E-state index is 0.340. The first-order valence-electron chi connectivity index (χ1n) is 7.57. The van der Waals surface area contributed by atoms with Crippen molar-refractivity contribution in [1.82, 2.24) is 9.97 Å². The molecule has 0 aliphatic rings. The average molecular weight is 344 g/mol. The lowest BCUT2D eigenvalue weighted by Crippen LogP contribution is -2.09. The molecule has 24 heavy (non-hydrogen) atoms. The topological polar surface area (TPSA) is 70.2 Å². The van der Waals surface area contributed by atoms with Gasteiger partial charge in [0, 0.05) is 46.0 Å². The Hall–Kier alpha value is -2.18. The van der Waals surface area contributed by atoms with Gasteiger partial charge in [-0.25, -0.2) is 0 Å². The lowest BCUT2D eigenvalue weighted by molar-refractivity contribution is 0.407. The van der Waals surface area contributed by atoms with Crippen LogP contribution in [0.2, 0.25) is 0 Å². The Morgan fingerprint density at radius 3 is 2.67 bits per heavy atom. The standard InChI is InChI=1S/C18H20N2O3S/c1-11-9-19-16(12(2)18(11)23-4)10-24(21)17-7-13-5-6-14(22-3)8-15(13)20-17/h5-9,20H,10H2,1-4H3. The molecule has 1 N–H and O–H groups in total. The number of nitrogens with zero attached hydrogens (tertiary/aromatic N) is 1. The highest BCUT2D eigenvalue weighted by Crippen LogP contribution is 2.28. The fourth-order valence-electron chi connectivity index (χ4n) is 2.75. The van der Waals surface area contributed by atoms with Crippen LogP contribution in [0.5, 0.6) is 11.5 Å². The van der Waals surface area contributed by atoms with Crippen molar-refractivity contribution >= 4 is 22.1 Å². The molecule has 0 bridgehead atoms. The van der Waals surface area contributed by atoms with E-state index in [1.807, 2.05) is 38.1 Å². The summed E-state index contributed by atoms with van der Waals surface area (Å²) in [7, 11) is 3.27. The molecule has 3 aromatic rings. The summed E-state index contributed by atoms with van der Waals surface area (Å²) < 4.78 is 23.4. The maximum atomic E-state index is 12.7. The van der Waals surface area contributed by atoms with E-state index in [-0.39, 0.29) is 0 Å². The summed E-state index contributed by atoms with van der Waals surface area (Å²) >= 11 is -1.22. The first-order valence-corrected chi connectivity index (χ1v) is 8.89. The molecule has 1 atom stereocenters. The van der Waals surface area contributed by atoms with E-state index in [4.69, 9.17) is 9.47 Å². The summed E-state index contributed by atoms with van der Waals surface area (Å²) in [5.74, 6) is 1.91. The molecule has 1 aromatic carbocycles. The van der Waals surface area contributed by atoms with Gasteiger partial charge in [-0.15, -0.1) is 0 Å². The van der Waals surface area contributed by atoms with Crippen LogP contribution in [0.25, 0.3) is 10.9 Å². The van der Waals surface area contributed by atoms with Gasteiger partial charge in [0.2, 0.25) is 5.03 Å². The number of benzene rings is 1. The Labute approximate surface area is 144 Å². The van der Waals surface area contributed by atoms with Gasteiger partial charge in [-0.05, 0) is 26.0 Å². The summed E-state index contributed by atoms with van der Waals surface area (Å²) in [4.78, 5) is 7.64. The highest BCUT2D eigenvalue weighted by atomic mass is 32.2. The Kier molecular flexibility index (Phi) is 4.69. The number of aromatic amines is 1. The monoisotopic (exact) mass is 344 g/mol. The molecule has 0 spiro atoms. The quantitative estimate of drug-likeness (QED) is 0.719. The zero-order valence-corrected chi connectivity index (χ0v) is 15.0. The number of hydrogen-bond acceptors (Lipinski definition) is 4. The van der Waals surface area contributed by atoms with Crippen molar-refractivity contribution in [2.45, 2.75) is 24.6 Å². The number of ether oxygens (including phenoxy) is 2. The Bertz CT molecular complexity index is 876. The molecule has 0 saturated carbocycles. The molecular formula is C18H20N2O3S. The molecule has 126 valence electrons. The van der Waals surface area contributed by atoms with Gasteiger partial charge in [0.15, 0.2) is 5.75 Å². The normalized spacial score (nSPS) is 12.4. The molecule has 5 nitrogen and oxygen atoms in total. The number of methoxy groups -OCH3 is 2. The minimum atomic E-state index is -1.22. The van der Waals surface area contributed by atoms with Gasteiger partial charge in [0.25, 0.3) is 0 Å². The molecule has 1 unspecified atom stereocenters. The van der Waals surface area contributed by atoms with E-state index in [0.29, 0.717) is 10.8 Å². The summed E-state index contributed by atoms with van der Waals surface area (Å²) in [5, 5.41) is 1.68. The van der Waals surface area contributed by atoms with Gasteiger partial charge in [0.1, 0.15) is 11.5 Å². The van der Waals surface area contributed by atoms with Gasteiger partial charge in [-0.1, -0.05) is 0 Å². The zero-order chi connectivity index (χ0) is 17.3. The van der Waals surface area contributed by atoms with E-state index in [1.165, 1.54) is 0 Å². The van der Waals surface area contributed by atoms with Gasteiger partial charge in [-0.3, -0.25) is 4.98 Å². The third kappa shape index (κ3) is 3.07. The van der Waals surface area contributed by atoms with E-state index in [9.17, 15) is 4.55 Å². The first-order chi connectivity index (χ1) is 11.5. The van der Waals surface area contributed by atoms with Crippen molar-refractivity contribution in [3.8, 4) is 11.5 Å². The molecule has 0 saturated heterocycles. The van der Waals surface area contributed by atoms with Gasteiger partial charge >= 0.3 is 0 Å². The summed E-state index contributed by atoms with van der Waals surface area (Å²) in [6.07, 6.45) is 1.76. The van der Waals surface area contributed by atoms with Crippen LogP contribution in [0, 0.1) is 13.8 Å². The van der Waals surface area contributed by atoms with Crippen LogP contribution in [-0.2, 0) is 16.9 Å². The van der Waals surface area contributed by atoms with Crippen LogP contribution < -0.4 is 9.47 Å². The maximum absolute atomic E-state index is 12.7. The lowest BCUT2D eigenvalue weighted by Gasteiger charge is -2.13. The van der Waals surface area contributed by atoms with Gasteiger partial charge < -0.3 is 19.0 Å². The van der Waals surface area contributed by atoms with Crippen molar-refractivity contribution in [3.63, 3.8) is 0 Å². The predicted molar refractivity (Wildman–Crippen MR) is 95.2 cm³/mol. The van der Waals surface area contributed by atoms with E-state index in [2.05, 4.69) is 9.97 Å². The average Bonchev–Trinajstić information content (AvgIpc) is 3.01. The van der Waals surface area contributed by atoms with Crippen molar-refractivity contribution in [2.24, 2.45) is 0 Å². The van der Waals surface area contributed by atoms with Crippen LogP contribution in [-0.4, -0.2) is 28.7 Å². The van der Waals surface area contributed by atoms with Crippen molar-refractivity contribution in [2.75, 3.05) is 14.2 Å².